The molecular weight excluding hydrogens is 340 g/mol. The number of anilines is 3. The largest absolute Gasteiger partial charge is 0.497 e. The van der Waals surface area contributed by atoms with Gasteiger partial charge in [-0.2, -0.15) is 15.1 Å². The Bertz CT molecular complexity index is 943. The summed E-state index contributed by atoms with van der Waals surface area (Å²) in [4.78, 5) is 12.0. The van der Waals surface area contributed by atoms with Crippen LogP contribution in [-0.4, -0.2) is 39.9 Å². The molecule has 27 heavy (non-hydrogen) atoms. The van der Waals surface area contributed by atoms with Crippen LogP contribution in [0.1, 0.15) is 20.3 Å². The highest BCUT2D eigenvalue weighted by Crippen LogP contribution is 2.30. The molecule has 0 radical (unpaired) electrons. The first kappa shape index (κ1) is 17.6. The number of hydrogen-bond donors (Lipinski definition) is 1. The van der Waals surface area contributed by atoms with Gasteiger partial charge in [0.25, 0.3) is 0 Å². The molecule has 0 amide bonds. The normalized spacial score (nSPS) is 20.1. The maximum absolute atomic E-state index is 5.33. The molecule has 0 bridgehead atoms. The average molecular weight is 366 g/mol. The predicted molar refractivity (Wildman–Crippen MR) is 108 cm³/mol. The predicted octanol–water partition coefficient (Wildman–Crippen LogP) is 3.60. The van der Waals surface area contributed by atoms with Gasteiger partial charge in [0.15, 0.2) is 5.65 Å². The van der Waals surface area contributed by atoms with Crippen molar-refractivity contribution in [2.24, 2.45) is 18.9 Å². The van der Waals surface area contributed by atoms with Crippen LogP contribution in [0.25, 0.3) is 11.0 Å². The fourth-order valence-corrected chi connectivity index (χ4v) is 3.91. The van der Waals surface area contributed by atoms with E-state index in [-0.39, 0.29) is 0 Å². The van der Waals surface area contributed by atoms with Gasteiger partial charge >= 0.3 is 0 Å². The summed E-state index contributed by atoms with van der Waals surface area (Å²) in [6.07, 6.45) is 3.06. The molecule has 1 fully saturated rings. The Kier molecular flexibility index (Phi) is 4.59. The van der Waals surface area contributed by atoms with Gasteiger partial charge in [0.1, 0.15) is 11.6 Å². The number of nitrogens with one attached hydrogen (secondary N) is 1. The molecule has 1 aliphatic heterocycles. The highest BCUT2D eigenvalue weighted by molar-refractivity contribution is 5.89. The van der Waals surface area contributed by atoms with Gasteiger partial charge in [0.05, 0.1) is 18.7 Å². The van der Waals surface area contributed by atoms with Gasteiger partial charge in [0.2, 0.25) is 5.95 Å². The second-order valence-corrected chi connectivity index (χ2v) is 7.59. The molecule has 4 rings (SSSR count). The Morgan fingerprint density at radius 2 is 1.93 bits per heavy atom. The number of aryl methyl sites for hydroxylation is 1. The van der Waals surface area contributed by atoms with E-state index < -0.39 is 0 Å². The van der Waals surface area contributed by atoms with Crippen molar-refractivity contribution in [1.82, 2.24) is 19.7 Å². The number of hydrogen-bond acceptors (Lipinski definition) is 6. The lowest BCUT2D eigenvalue weighted by atomic mass is 9.92. The summed E-state index contributed by atoms with van der Waals surface area (Å²) < 4.78 is 7.13. The zero-order chi connectivity index (χ0) is 19.0. The first-order valence-electron chi connectivity index (χ1n) is 9.39. The molecule has 2 aromatic heterocycles. The van der Waals surface area contributed by atoms with Crippen LogP contribution in [-0.2, 0) is 7.05 Å². The van der Waals surface area contributed by atoms with Gasteiger partial charge in [-0.1, -0.05) is 19.9 Å². The summed E-state index contributed by atoms with van der Waals surface area (Å²) in [6, 6.07) is 7.83. The number of rotatable bonds is 4. The van der Waals surface area contributed by atoms with Gasteiger partial charge in [-0.25, -0.2) is 0 Å². The van der Waals surface area contributed by atoms with E-state index in [9.17, 15) is 0 Å². The Labute approximate surface area is 159 Å². The zero-order valence-corrected chi connectivity index (χ0v) is 16.3. The van der Waals surface area contributed by atoms with Gasteiger partial charge in [0, 0.05) is 31.9 Å². The third kappa shape index (κ3) is 3.54. The van der Waals surface area contributed by atoms with E-state index in [4.69, 9.17) is 14.7 Å². The minimum Gasteiger partial charge on any atom is -0.497 e. The summed E-state index contributed by atoms with van der Waals surface area (Å²) in [5.41, 5.74) is 1.75. The van der Waals surface area contributed by atoms with Crippen LogP contribution in [0.5, 0.6) is 5.75 Å². The second kappa shape index (κ2) is 7.06. The van der Waals surface area contributed by atoms with Gasteiger partial charge in [-0.05, 0) is 30.4 Å². The van der Waals surface area contributed by atoms with Crippen molar-refractivity contribution >= 4 is 28.5 Å². The zero-order valence-electron chi connectivity index (χ0n) is 16.3. The van der Waals surface area contributed by atoms with Crippen molar-refractivity contribution in [1.29, 1.82) is 0 Å². The minimum atomic E-state index is 0.634. The molecule has 3 aromatic rings. The Hall–Kier alpha value is -2.83. The molecular formula is C20H26N6O. The first-order chi connectivity index (χ1) is 13.0. The summed E-state index contributed by atoms with van der Waals surface area (Å²) in [6.45, 7) is 6.54. The van der Waals surface area contributed by atoms with Crippen molar-refractivity contribution in [2.75, 3.05) is 30.4 Å². The van der Waals surface area contributed by atoms with Crippen molar-refractivity contribution in [3.8, 4) is 5.75 Å². The molecule has 0 saturated carbocycles. The molecule has 3 heterocycles. The number of fused-ring (bicyclic) bond motifs is 1. The van der Waals surface area contributed by atoms with Crippen molar-refractivity contribution in [3.63, 3.8) is 0 Å². The fourth-order valence-electron chi connectivity index (χ4n) is 3.91. The minimum absolute atomic E-state index is 0.634. The topological polar surface area (TPSA) is 68.1 Å². The Morgan fingerprint density at radius 3 is 2.67 bits per heavy atom. The molecule has 1 N–H and O–H groups in total. The van der Waals surface area contributed by atoms with Crippen LogP contribution in [0.15, 0.2) is 30.5 Å². The Morgan fingerprint density at radius 1 is 1.15 bits per heavy atom. The maximum Gasteiger partial charge on any atom is 0.229 e. The number of methoxy groups -OCH3 is 1. The van der Waals surface area contributed by atoms with Crippen LogP contribution in [0, 0.1) is 11.8 Å². The standard InChI is InChI=1S/C20H26N6O/c1-13-8-14(2)12-26(11-13)20-23-18(17-10-21-25(3)19(17)24-20)22-15-6-5-7-16(9-15)27-4/h5-7,9-10,13-14H,8,11-12H2,1-4H3,(H,22,23,24)/t13-,14-/m0/s1. The molecule has 0 spiro atoms. The third-order valence-corrected chi connectivity index (χ3v) is 5.06. The summed E-state index contributed by atoms with van der Waals surface area (Å²) in [7, 11) is 3.58. The van der Waals surface area contributed by atoms with Crippen LogP contribution in [0.2, 0.25) is 0 Å². The van der Waals surface area contributed by atoms with E-state index in [0.29, 0.717) is 11.8 Å². The molecule has 2 atom stereocenters. The van der Waals surface area contributed by atoms with E-state index >= 15 is 0 Å². The molecule has 142 valence electrons. The number of ether oxygens (including phenoxy) is 1. The lowest BCUT2D eigenvalue weighted by Crippen LogP contribution is -2.39. The van der Waals surface area contributed by atoms with Gasteiger partial charge < -0.3 is 15.0 Å². The Balaban J connectivity index is 1.75. The van der Waals surface area contributed by atoms with E-state index in [0.717, 1.165) is 47.3 Å². The van der Waals surface area contributed by atoms with E-state index in [1.165, 1.54) is 6.42 Å². The van der Waals surface area contributed by atoms with E-state index in [1.54, 1.807) is 11.8 Å². The van der Waals surface area contributed by atoms with E-state index in [2.05, 4.69) is 29.2 Å². The quantitative estimate of drug-likeness (QED) is 0.761. The molecule has 0 unspecified atom stereocenters. The molecule has 1 aliphatic rings. The molecule has 1 aromatic carbocycles. The highest BCUT2D eigenvalue weighted by atomic mass is 16.5. The van der Waals surface area contributed by atoms with Crippen LogP contribution in [0.4, 0.5) is 17.5 Å². The van der Waals surface area contributed by atoms with Crippen LogP contribution >= 0.6 is 0 Å². The second-order valence-electron chi connectivity index (χ2n) is 7.59. The molecule has 7 heteroatoms. The van der Waals surface area contributed by atoms with E-state index in [1.807, 2.05) is 37.5 Å². The summed E-state index contributed by atoms with van der Waals surface area (Å²) >= 11 is 0. The van der Waals surface area contributed by atoms with Crippen LogP contribution < -0.4 is 15.0 Å². The van der Waals surface area contributed by atoms with Crippen molar-refractivity contribution < 1.29 is 4.74 Å². The molecule has 1 saturated heterocycles. The maximum atomic E-state index is 5.33. The summed E-state index contributed by atoms with van der Waals surface area (Å²) in [5.74, 6) is 3.59. The number of nitrogens with zero attached hydrogens (tertiary/aromatic N) is 5. The smallest absolute Gasteiger partial charge is 0.229 e. The molecule has 0 aliphatic carbocycles. The lowest BCUT2D eigenvalue weighted by Gasteiger charge is -2.35. The highest BCUT2D eigenvalue weighted by Gasteiger charge is 2.25. The van der Waals surface area contributed by atoms with Crippen LogP contribution in [0.3, 0.4) is 0 Å². The monoisotopic (exact) mass is 366 g/mol. The average Bonchev–Trinajstić information content (AvgIpc) is 3.02. The fraction of sp³-hybridized carbons (Fsp3) is 0.450. The van der Waals surface area contributed by atoms with Crippen molar-refractivity contribution in [3.05, 3.63) is 30.5 Å². The summed E-state index contributed by atoms with van der Waals surface area (Å²) in [5, 5.41) is 8.71. The number of benzene rings is 1. The number of piperidine rings is 1. The lowest BCUT2D eigenvalue weighted by molar-refractivity contribution is 0.354. The molecule has 7 nitrogen and oxygen atoms in total. The third-order valence-electron chi connectivity index (χ3n) is 5.06. The van der Waals surface area contributed by atoms with Gasteiger partial charge in [-0.3, -0.25) is 4.68 Å². The first-order valence-corrected chi connectivity index (χ1v) is 9.39. The van der Waals surface area contributed by atoms with Gasteiger partial charge in [-0.15, -0.1) is 0 Å². The SMILES string of the molecule is COc1cccc(Nc2nc(N3C[C@@H](C)C[C@H](C)C3)nc3c2cnn3C)c1. The van der Waals surface area contributed by atoms with Crippen molar-refractivity contribution in [2.45, 2.75) is 20.3 Å². The number of aromatic nitrogens is 4.